The fourth-order valence-electron chi connectivity index (χ4n) is 0.552. The van der Waals surface area contributed by atoms with E-state index in [9.17, 15) is 0 Å². The van der Waals surface area contributed by atoms with Crippen molar-refractivity contribution < 1.29 is 0 Å². The maximum atomic E-state index is 5.34. The molecule has 0 fully saturated rings. The second-order valence-corrected chi connectivity index (χ2v) is 3.38. The zero-order chi connectivity index (χ0) is 11.8. The molecule has 15 heavy (non-hydrogen) atoms. The first kappa shape index (κ1) is 13.7. The number of hydrogen-bond donors (Lipinski definition) is 3. The third-order valence-corrected chi connectivity index (χ3v) is 1.83. The van der Waals surface area contributed by atoms with Crippen LogP contribution in [0.1, 0.15) is 6.92 Å². The molecule has 84 valence electrons. The van der Waals surface area contributed by atoms with Gasteiger partial charge >= 0.3 is 0 Å². The number of nitrogens with two attached hydrogens (primary N) is 1. The van der Waals surface area contributed by atoms with Crippen LogP contribution in [0.25, 0.3) is 0 Å². The SMILES string of the molecule is CNC(=S)NN=CC(C)=NN(C)C(N)=S. The van der Waals surface area contributed by atoms with Crippen molar-refractivity contribution >= 4 is 46.6 Å². The summed E-state index contributed by atoms with van der Waals surface area (Å²) in [7, 11) is 3.36. The van der Waals surface area contributed by atoms with Crippen LogP contribution in [-0.2, 0) is 0 Å². The molecule has 0 saturated heterocycles. The fourth-order valence-corrected chi connectivity index (χ4v) is 0.645. The van der Waals surface area contributed by atoms with E-state index in [1.807, 2.05) is 0 Å². The van der Waals surface area contributed by atoms with Crippen LogP contribution in [0.2, 0.25) is 0 Å². The van der Waals surface area contributed by atoms with E-state index in [0.29, 0.717) is 10.8 Å². The molecule has 8 heteroatoms. The van der Waals surface area contributed by atoms with Gasteiger partial charge in [-0.15, -0.1) is 0 Å². The molecule has 0 aromatic rings. The molecular weight excluding hydrogens is 232 g/mol. The van der Waals surface area contributed by atoms with Crippen molar-refractivity contribution in [2.75, 3.05) is 14.1 Å². The van der Waals surface area contributed by atoms with Crippen molar-refractivity contribution in [2.45, 2.75) is 6.92 Å². The molecule has 4 N–H and O–H groups in total. The molecule has 0 bridgehead atoms. The fraction of sp³-hybridized carbons (Fsp3) is 0.429. The number of rotatable bonds is 3. The van der Waals surface area contributed by atoms with Crippen molar-refractivity contribution in [1.82, 2.24) is 15.8 Å². The van der Waals surface area contributed by atoms with E-state index in [2.05, 4.69) is 20.9 Å². The third-order valence-electron chi connectivity index (χ3n) is 1.27. The monoisotopic (exact) mass is 246 g/mol. The Balaban J connectivity index is 4.17. The minimum Gasteiger partial charge on any atom is -0.375 e. The molecular formula is C7H14N6S2. The lowest BCUT2D eigenvalue weighted by Gasteiger charge is -2.09. The minimum atomic E-state index is 0.196. The van der Waals surface area contributed by atoms with Gasteiger partial charge in [-0.25, -0.2) is 5.01 Å². The Bertz CT molecular complexity index is 298. The quantitative estimate of drug-likeness (QED) is 0.358. The molecule has 0 atom stereocenters. The van der Waals surface area contributed by atoms with Crippen LogP contribution in [0.5, 0.6) is 0 Å². The molecule has 0 unspecified atom stereocenters. The Morgan fingerprint density at radius 2 is 2.07 bits per heavy atom. The summed E-state index contributed by atoms with van der Waals surface area (Å²) >= 11 is 9.52. The van der Waals surface area contributed by atoms with Gasteiger partial charge in [-0.1, -0.05) is 0 Å². The molecule has 0 amide bonds. The van der Waals surface area contributed by atoms with Crippen LogP contribution < -0.4 is 16.5 Å². The second kappa shape index (κ2) is 7.07. The van der Waals surface area contributed by atoms with E-state index >= 15 is 0 Å². The topological polar surface area (TPSA) is 78.0 Å². The van der Waals surface area contributed by atoms with Gasteiger partial charge in [-0.05, 0) is 31.4 Å². The maximum absolute atomic E-state index is 5.34. The van der Waals surface area contributed by atoms with Crippen molar-refractivity contribution in [3.05, 3.63) is 0 Å². The summed E-state index contributed by atoms with van der Waals surface area (Å²) < 4.78 is 0. The molecule has 0 saturated carbocycles. The van der Waals surface area contributed by atoms with E-state index in [-0.39, 0.29) is 5.11 Å². The first-order chi connectivity index (χ1) is 6.97. The Morgan fingerprint density at radius 3 is 2.53 bits per heavy atom. The van der Waals surface area contributed by atoms with Crippen molar-refractivity contribution in [2.24, 2.45) is 15.9 Å². The highest BCUT2D eigenvalue weighted by Crippen LogP contribution is 1.84. The van der Waals surface area contributed by atoms with Crippen LogP contribution in [-0.4, -0.2) is 41.3 Å². The predicted molar refractivity (Wildman–Crippen MR) is 70.9 cm³/mol. The van der Waals surface area contributed by atoms with Crippen molar-refractivity contribution in [3.8, 4) is 0 Å². The lowest BCUT2D eigenvalue weighted by Crippen LogP contribution is -2.29. The minimum absolute atomic E-state index is 0.196. The number of nitrogens with one attached hydrogen (secondary N) is 2. The average molecular weight is 246 g/mol. The number of hydrazone groups is 2. The average Bonchev–Trinajstić information content (AvgIpc) is 2.17. The summed E-state index contributed by atoms with van der Waals surface area (Å²) in [5.74, 6) is 0. The maximum Gasteiger partial charge on any atom is 0.186 e. The Labute approximate surface area is 99.6 Å². The first-order valence-corrected chi connectivity index (χ1v) is 4.88. The van der Waals surface area contributed by atoms with Crippen LogP contribution in [0, 0.1) is 0 Å². The smallest absolute Gasteiger partial charge is 0.186 e. The van der Waals surface area contributed by atoms with Gasteiger partial charge in [0.05, 0.1) is 11.9 Å². The van der Waals surface area contributed by atoms with Crippen molar-refractivity contribution in [1.29, 1.82) is 0 Å². The number of hydrogen-bond acceptors (Lipinski definition) is 4. The van der Waals surface area contributed by atoms with Gasteiger partial charge in [0.1, 0.15) is 0 Å². The molecule has 0 aliphatic carbocycles. The second-order valence-electron chi connectivity index (χ2n) is 2.55. The number of nitrogens with zero attached hydrogens (tertiary/aromatic N) is 3. The van der Waals surface area contributed by atoms with E-state index in [4.69, 9.17) is 30.2 Å². The lowest BCUT2D eigenvalue weighted by molar-refractivity contribution is 0.550. The third kappa shape index (κ3) is 6.75. The zero-order valence-electron chi connectivity index (χ0n) is 8.81. The standard InChI is InChI=1S/C7H14N6S2/c1-5(12-13(3)6(8)14)4-10-11-7(15)9-2/h4H,1-3H3,(H2,8,14)(H2,9,11,15). The molecule has 6 nitrogen and oxygen atoms in total. The Hall–Kier alpha value is -1.28. The van der Waals surface area contributed by atoms with E-state index in [1.165, 1.54) is 11.2 Å². The van der Waals surface area contributed by atoms with Crippen molar-refractivity contribution in [3.63, 3.8) is 0 Å². The zero-order valence-corrected chi connectivity index (χ0v) is 10.4. The van der Waals surface area contributed by atoms with E-state index in [1.54, 1.807) is 21.0 Å². The lowest BCUT2D eigenvalue weighted by atomic mass is 10.5. The van der Waals surface area contributed by atoms with Gasteiger partial charge in [0, 0.05) is 14.1 Å². The van der Waals surface area contributed by atoms with E-state index < -0.39 is 0 Å². The first-order valence-electron chi connectivity index (χ1n) is 4.06. The Kier molecular flexibility index (Phi) is 6.47. The van der Waals surface area contributed by atoms with Gasteiger partial charge in [-0.3, -0.25) is 5.43 Å². The van der Waals surface area contributed by atoms with Gasteiger partial charge < -0.3 is 11.1 Å². The van der Waals surface area contributed by atoms with Crippen LogP contribution >= 0.6 is 24.4 Å². The van der Waals surface area contributed by atoms with Gasteiger partial charge in [0.2, 0.25) is 0 Å². The molecule has 0 heterocycles. The molecule has 0 spiro atoms. The van der Waals surface area contributed by atoms with Crippen LogP contribution in [0.4, 0.5) is 0 Å². The van der Waals surface area contributed by atoms with Crippen LogP contribution in [0.3, 0.4) is 0 Å². The molecule has 0 rings (SSSR count). The van der Waals surface area contributed by atoms with Gasteiger partial charge in [-0.2, -0.15) is 10.2 Å². The Morgan fingerprint density at radius 1 is 1.47 bits per heavy atom. The highest BCUT2D eigenvalue weighted by atomic mass is 32.1. The highest BCUT2D eigenvalue weighted by molar-refractivity contribution is 7.80. The van der Waals surface area contributed by atoms with Gasteiger partial charge in [0.15, 0.2) is 10.2 Å². The highest BCUT2D eigenvalue weighted by Gasteiger charge is 1.95. The predicted octanol–water partition coefficient (Wildman–Crippen LogP) is -0.383. The molecule has 0 radical (unpaired) electrons. The normalized spacial score (nSPS) is 11.3. The largest absolute Gasteiger partial charge is 0.375 e. The molecule has 0 aliphatic rings. The summed E-state index contributed by atoms with van der Waals surface area (Å²) in [6.07, 6.45) is 1.51. The van der Waals surface area contributed by atoms with Gasteiger partial charge in [0.25, 0.3) is 0 Å². The molecule has 0 aromatic heterocycles. The van der Waals surface area contributed by atoms with E-state index in [0.717, 1.165) is 0 Å². The number of thiocarbonyl (C=S) groups is 2. The summed E-state index contributed by atoms with van der Waals surface area (Å²) in [5.41, 5.74) is 8.58. The molecule has 0 aliphatic heterocycles. The van der Waals surface area contributed by atoms with Crippen LogP contribution in [0.15, 0.2) is 10.2 Å². The summed E-state index contributed by atoms with van der Waals surface area (Å²) in [6, 6.07) is 0. The molecule has 0 aromatic carbocycles. The summed E-state index contributed by atoms with van der Waals surface area (Å²) in [6.45, 7) is 1.77. The summed E-state index contributed by atoms with van der Waals surface area (Å²) in [5, 5.41) is 12.6. The summed E-state index contributed by atoms with van der Waals surface area (Å²) in [4.78, 5) is 0.